The molecule has 0 saturated heterocycles. The Balaban J connectivity index is 2.30. The van der Waals surface area contributed by atoms with Crippen LogP contribution in [0.3, 0.4) is 0 Å². The van der Waals surface area contributed by atoms with Gasteiger partial charge in [-0.05, 0) is 36.4 Å². The highest BCUT2D eigenvalue weighted by Crippen LogP contribution is 2.29. The van der Waals surface area contributed by atoms with Crippen molar-refractivity contribution >= 4 is 31.3 Å². The van der Waals surface area contributed by atoms with E-state index < -0.39 is 25.6 Å². The number of halogens is 4. The highest BCUT2D eigenvalue weighted by Gasteiger charge is 2.18. The number of hydrogen-bond acceptors (Lipinski definition) is 3. The van der Waals surface area contributed by atoms with E-state index in [1.54, 1.807) is 0 Å². The first-order valence-electron chi connectivity index (χ1n) is 5.58. The molecule has 8 heteroatoms. The molecule has 112 valence electrons. The van der Waals surface area contributed by atoms with Gasteiger partial charge in [-0.2, -0.15) is 0 Å². The lowest BCUT2D eigenvalue weighted by atomic mass is 10.2. The molecule has 0 aliphatic carbocycles. The predicted molar refractivity (Wildman–Crippen MR) is 75.2 cm³/mol. The van der Waals surface area contributed by atoms with Gasteiger partial charge >= 0.3 is 0 Å². The summed E-state index contributed by atoms with van der Waals surface area (Å²) in [6, 6.07) is 6.56. The van der Waals surface area contributed by atoms with Crippen molar-refractivity contribution in [2.24, 2.45) is 0 Å². The van der Waals surface area contributed by atoms with Gasteiger partial charge in [-0.25, -0.2) is 17.2 Å². The largest absolute Gasteiger partial charge is 0.487 e. The zero-order chi connectivity index (χ0) is 15.6. The third-order valence-corrected chi connectivity index (χ3v) is 4.27. The van der Waals surface area contributed by atoms with Crippen LogP contribution in [0.25, 0.3) is 0 Å². The van der Waals surface area contributed by atoms with E-state index in [2.05, 4.69) is 0 Å². The van der Waals surface area contributed by atoms with E-state index >= 15 is 0 Å². The standard InChI is InChI=1S/C13H8Cl2F2O3S/c14-11-3-1-9(16)5-8(11)7-20-12-4-2-10(17)6-13(12)21(15,18)19/h1-6H,7H2. The summed E-state index contributed by atoms with van der Waals surface area (Å²) in [6.45, 7) is -0.193. The molecule has 0 fully saturated rings. The van der Waals surface area contributed by atoms with Crippen LogP contribution in [0.1, 0.15) is 5.56 Å². The molecule has 0 aliphatic rings. The summed E-state index contributed by atoms with van der Waals surface area (Å²) >= 11 is 5.87. The van der Waals surface area contributed by atoms with Crippen LogP contribution in [0.2, 0.25) is 5.02 Å². The predicted octanol–water partition coefficient (Wildman–Crippen LogP) is 4.12. The van der Waals surface area contributed by atoms with Crippen molar-refractivity contribution < 1.29 is 21.9 Å². The zero-order valence-electron chi connectivity index (χ0n) is 10.3. The van der Waals surface area contributed by atoms with E-state index in [4.69, 9.17) is 27.0 Å². The first-order chi connectivity index (χ1) is 9.77. The minimum Gasteiger partial charge on any atom is -0.487 e. The van der Waals surface area contributed by atoms with Crippen LogP contribution >= 0.6 is 22.3 Å². The number of rotatable bonds is 4. The van der Waals surface area contributed by atoms with Crippen LogP contribution in [-0.2, 0) is 15.7 Å². The summed E-state index contributed by atoms with van der Waals surface area (Å²) in [5, 5.41) is 0.258. The molecular formula is C13H8Cl2F2O3S. The topological polar surface area (TPSA) is 43.4 Å². The number of benzene rings is 2. The Morgan fingerprint density at radius 3 is 2.33 bits per heavy atom. The minimum atomic E-state index is -4.18. The molecule has 0 unspecified atom stereocenters. The van der Waals surface area contributed by atoms with Crippen molar-refractivity contribution in [3.63, 3.8) is 0 Å². The fraction of sp³-hybridized carbons (Fsp3) is 0.0769. The second-order valence-electron chi connectivity index (χ2n) is 4.05. The average molecular weight is 353 g/mol. The van der Waals surface area contributed by atoms with Gasteiger partial charge in [-0.1, -0.05) is 11.6 Å². The first kappa shape index (κ1) is 16.0. The molecule has 21 heavy (non-hydrogen) atoms. The molecule has 3 nitrogen and oxygen atoms in total. The molecule has 0 N–H and O–H groups in total. The molecule has 0 heterocycles. The molecule has 0 amide bonds. The van der Waals surface area contributed by atoms with Gasteiger partial charge in [-0.3, -0.25) is 0 Å². The molecule has 0 atom stereocenters. The van der Waals surface area contributed by atoms with Crippen molar-refractivity contribution in [1.29, 1.82) is 0 Å². The van der Waals surface area contributed by atoms with E-state index in [1.165, 1.54) is 12.1 Å². The van der Waals surface area contributed by atoms with Crippen LogP contribution in [-0.4, -0.2) is 8.42 Å². The van der Waals surface area contributed by atoms with Crippen molar-refractivity contribution in [3.05, 3.63) is 58.6 Å². The smallest absolute Gasteiger partial charge is 0.265 e. The summed E-state index contributed by atoms with van der Waals surface area (Å²) in [6.07, 6.45) is 0. The van der Waals surface area contributed by atoms with Crippen molar-refractivity contribution in [1.82, 2.24) is 0 Å². The van der Waals surface area contributed by atoms with Crippen molar-refractivity contribution in [3.8, 4) is 5.75 Å². The van der Waals surface area contributed by atoms with E-state index in [0.717, 1.165) is 24.3 Å². The van der Waals surface area contributed by atoms with Crippen molar-refractivity contribution in [2.45, 2.75) is 11.5 Å². The maximum atomic E-state index is 13.1. The summed E-state index contributed by atoms with van der Waals surface area (Å²) < 4.78 is 54.2. The van der Waals surface area contributed by atoms with Gasteiger partial charge in [0.1, 0.15) is 28.9 Å². The number of hydrogen-bond donors (Lipinski definition) is 0. The van der Waals surface area contributed by atoms with Gasteiger partial charge in [-0.15, -0.1) is 0 Å². The summed E-state index contributed by atoms with van der Waals surface area (Å²) in [5.41, 5.74) is 0.318. The normalized spacial score (nSPS) is 11.4. The summed E-state index contributed by atoms with van der Waals surface area (Å²) in [5.74, 6) is -1.43. The Hall–Kier alpha value is -1.37. The van der Waals surface area contributed by atoms with Crippen LogP contribution < -0.4 is 4.74 Å². The Labute approximate surface area is 129 Å². The van der Waals surface area contributed by atoms with Crippen molar-refractivity contribution in [2.75, 3.05) is 0 Å². The lowest BCUT2D eigenvalue weighted by Crippen LogP contribution is -2.02. The van der Waals surface area contributed by atoms with Crippen LogP contribution in [0.4, 0.5) is 8.78 Å². The maximum absolute atomic E-state index is 13.1. The Morgan fingerprint density at radius 2 is 1.67 bits per heavy atom. The van der Waals surface area contributed by atoms with Gasteiger partial charge in [0.25, 0.3) is 9.05 Å². The molecule has 2 rings (SSSR count). The maximum Gasteiger partial charge on any atom is 0.265 e. The Kier molecular flexibility index (Phi) is 4.70. The van der Waals surface area contributed by atoms with Crippen LogP contribution in [0.5, 0.6) is 5.75 Å². The second kappa shape index (κ2) is 6.17. The first-order valence-corrected chi connectivity index (χ1v) is 8.27. The summed E-state index contributed by atoms with van der Waals surface area (Å²) in [4.78, 5) is -0.503. The van der Waals surface area contributed by atoms with E-state index in [9.17, 15) is 17.2 Å². The molecule has 0 aliphatic heterocycles. The van der Waals surface area contributed by atoms with Gasteiger partial charge in [0.05, 0.1) is 0 Å². The fourth-order valence-corrected chi connectivity index (χ4v) is 2.76. The fourth-order valence-electron chi connectivity index (χ4n) is 1.60. The van der Waals surface area contributed by atoms with E-state index in [-0.39, 0.29) is 17.4 Å². The average Bonchev–Trinajstić information content (AvgIpc) is 2.40. The van der Waals surface area contributed by atoms with Gasteiger partial charge < -0.3 is 4.74 Å². The second-order valence-corrected chi connectivity index (χ2v) is 6.99. The highest BCUT2D eigenvalue weighted by molar-refractivity contribution is 8.13. The van der Waals surface area contributed by atoms with E-state index in [1.807, 2.05) is 0 Å². The summed E-state index contributed by atoms with van der Waals surface area (Å²) in [7, 11) is 1.03. The third-order valence-electron chi connectivity index (χ3n) is 2.56. The third kappa shape index (κ3) is 4.06. The molecule has 0 radical (unpaired) electrons. The van der Waals surface area contributed by atoms with Gasteiger partial charge in [0.2, 0.25) is 0 Å². The minimum absolute atomic E-state index is 0.147. The Bertz CT molecular complexity index is 779. The highest BCUT2D eigenvalue weighted by atomic mass is 35.7. The SMILES string of the molecule is O=S(=O)(Cl)c1cc(F)ccc1OCc1cc(F)ccc1Cl. The monoisotopic (exact) mass is 352 g/mol. The lowest BCUT2D eigenvalue weighted by molar-refractivity contribution is 0.297. The molecule has 0 spiro atoms. The van der Waals surface area contributed by atoms with Crippen LogP contribution in [0, 0.1) is 11.6 Å². The Morgan fingerprint density at radius 1 is 1.05 bits per heavy atom. The van der Waals surface area contributed by atoms with Crippen LogP contribution in [0.15, 0.2) is 41.3 Å². The van der Waals surface area contributed by atoms with E-state index in [0.29, 0.717) is 5.56 Å². The zero-order valence-corrected chi connectivity index (χ0v) is 12.6. The molecule has 0 aromatic heterocycles. The molecule has 0 bridgehead atoms. The molecule has 2 aromatic carbocycles. The lowest BCUT2D eigenvalue weighted by Gasteiger charge is -2.11. The number of ether oxygens (including phenoxy) is 1. The molecule has 2 aromatic rings. The van der Waals surface area contributed by atoms with Gasteiger partial charge in [0, 0.05) is 21.3 Å². The molecular weight excluding hydrogens is 345 g/mol. The quantitative estimate of drug-likeness (QED) is 0.777. The molecule has 0 saturated carbocycles. The van der Waals surface area contributed by atoms with Gasteiger partial charge in [0.15, 0.2) is 0 Å².